The molecule has 2 aromatic carbocycles. The van der Waals surface area contributed by atoms with E-state index in [1.165, 1.54) is 19.2 Å². The number of rotatable bonds is 7. The zero-order chi connectivity index (χ0) is 22.6. The van der Waals surface area contributed by atoms with E-state index in [1.807, 2.05) is 0 Å². The van der Waals surface area contributed by atoms with Gasteiger partial charge in [-0.15, -0.1) is 13.2 Å². The van der Waals surface area contributed by atoms with Crippen molar-refractivity contribution in [1.29, 1.82) is 0 Å². The Balaban J connectivity index is 2.07. The number of nitrogens with zero attached hydrogens (tertiary/aromatic N) is 1. The minimum Gasteiger partial charge on any atom is -0.462 e. The topological polar surface area (TPSA) is 77.5 Å². The third-order valence-electron chi connectivity index (χ3n) is 4.24. The quantitative estimate of drug-likeness (QED) is 0.518. The molecule has 1 aromatic heterocycles. The highest BCUT2D eigenvalue weighted by molar-refractivity contribution is 6.06. The zero-order valence-corrected chi connectivity index (χ0v) is 16.7. The van der Waals surface area contributed by atoms with Crippen LogP contribution in [0.3, 0.4) is 0 Å². The van der Waals surface area contributed by atoms with Crippen LogP contribution in [0.1, 0.15) is 29.8 Å². The summed E-state index contributed by atoms with van der Waals surface area (Å²) in [6.45, 7) is 3.25. The number of benzene rings is 2. The molecule has 0 spiro atoms. The smallest absolute Gasteiger partial charge is 0.462 e. The normalized spacial score (nSPS) is 11.3. The SMILES string of the molecule is CCOC(=O)c1cnc2ccc(OC(F)(F)F)cc2c1Nc1ccc(CC(C)=O)cc1. The molecule has 6 nitrogen and oxygen atoms in total. The van der Waals surface area contributed by atoms with Crippen LogP contribution >= 0.6 is 0 Å². The number of esters is 1. The zero-order valence-electron chi connectivity index (χ0n) is 16.7. The van der Waals surface area contributed by atoms with E-state index in [4.69, 9.17) is 4.74 Å². The van der Waals surface area contributed by atoms with Crippen molar-refractivity contribution >= 4 is 34.0 Å². The van der Waals surface area contributed by atoms with Crippen molar-refractivity contribution in [2.24, 2.45) is 0 Å². The molecule has 0 aliphatic heterocycles. The van der Waals surface area contributed by atoms with E-state index in [1.54, 1.807) is 31.2 Å². The first-order chi connectivity index (χ1) is 14.7. The number of nitrogens with one attached hydrogen (secondary N) is 1. The van der Waals surface area contributed by atoms with E-state index in [9.17, 15) is 22.8 Å². The van der Waals surface area contributed by atoms with Crippen molar-refractivity contribution in [3.63, 3.8) is 0 Å². The van der Waals surface area contributed by atoms with Crippen molar-refractivity contribution in [3.05, 3.63) is 59.8 Å². The molecule has 9 heteroatoms. The molecule has 0 bridgehead atoms. The molecule has 162 valence electrons. The third-order valence-corrected chi connectivity index (χ3v) is 4.24. The number of carbonyl (C=O) groups excluding carboxylic acids is 2. The van der Waals surface area contributed by atoms with Crippen LogP contribution in [0.25, 0.3) is 10.9 Å². The first-order valence-corrected chi connectivity index (χ1v) is 9.37. The maximum Gasteiger partial charge on any atom is 0.573 e. The molecule has 1 N–H and O–H groups in total. The molecular formula is C22H19F3N2O4. The lowest BCUT2D eigenvalue weighted by Crippen LogP contribution is -2.17. The number of halogens is 3. The first kappa shape index (κ1) is 22.1. The number of fused-ring (bicyclic) bond motifs is 1. The number of hydrogen-bond donors (Lipinski definition) is 1. The molecule has 0 saturated carbocycles. The van der Waals surface area contributed by atoms with E-state index in [-0.39, 0.29) is 35.4 Å². The van der Waals surface area contributed by atoms with E-state index < -0.39 is 18.1 Å². The number of hydrogen-bond acceptors (Lipinski definition) is 6. The summed E-state index contributed by atoms with van der Waals surface area (Å²) in [5.41, 5.74) is 2.02. The van der Waals surface area contributed by atoms with Crippen LogP contribution in [-0.2, 0) is 16.0 Å². The molecule has 0 fully saturated rings. The summed E-state index contributed by atoms with van der Waals surface area (Å²) in [5.74, 6) is -1.10. The van der Waals surface area contributed by atoms with Crippen LogP contribution in [0.4, 0.5) is 24.5 Å². The average Bonchev–Trinajstić information content (AvgIpc) is 2.68. The number of Topliss-reactive ketones (excluding diaryl/α,β-unsaturated/α-hetero) is 1. The summed E-state index contributed by atoms with van der Waals surface area (Å²) in [6, 6.07) is 10.6. The fourth-order valence-corrected chi connectivity index (χ4v) is 3.00. The van der Waals surface area contributed by atoms with Gasteiger partial charge in [-0.2, -0.15) is 0 Å². The highest BCUT2D eigenvalue weighted by Crippen LogP contribution is 2.34. The second-order valence-electron chi connectivity index (χ2n) is 6.69. The Kier molecular flexibility index (Phi) is 6.43. The Morgan fingerprint density at radius 1 is 1.10 bits per heavy atom. The Morgan fingerprint density at radius 3 is 2.42 bits per heavy atom. The summed E-state index contributed by atoms with van der Waals surface area (Å²) in [5, 5.41) is 3.31. The minimum absolute atomic E-state index is 0.0163. The lowest BCUT2D eigenvalue weighted by Gasteiger charge is -2.16. The maximum absolute atomic E-state index is 12.7. The fourth-order valence-electron chi connectivity index (χ4n) is 3.00. The molecule has 0 aliphatic carbocycles. The average molecular weight is 432 g/mol. The number of ketones is 1. The molecule has 31 heavy (non-hydrogen) atoms. The molecule has 0 amide bonds. The molecule has 0 atom stereocenters. The highest BCUT2D eigenvalue weighted by Gasteiger charge is 2.31. The van der Waals surface area contributed by atoms with Gasteiger partial charge in [0.25, 0.3) is 0 Å². The number of pyridine rings is 1. The molecule has 0 saturated heterocycles. The predicted octanol–water partition coefficient (Wildman–Crippen LogP) is 5.19. The largest absolute Gasteiger partial charge is 0.573 e. The van der Waals surface area contributed by atoms with Gasteiger partial charge in [-0.25, -0.2) is 4.79 Å². The Hall–Kier alpha value is -3.62. The van der Waals surface area contributed by atoms with Crippen molar-refractivity contribution in [1.82, 2.24) is 4.98 Å². The van der Waals surface area contributed by atoms with Crippen LogP contribution < -0.4 is 10.1 Å². The van der Waals surface area contributed by atoms with Gasteiger partial charge in [-0.1, -0.05) is 12.1 Å². The van der Waals surface area contributed by atoms with Crippen molar-refractivity contribution < 1.29 is 32.2 Å². The van der Waals surface area contributed by atoms with Crippen molar-refractivity contribution in [2.45, 2.75) is 26.6 Å². The van der Waals surface area contributed by atoms with Gasteiger partial charge in [0.15, 0.2) is 0 Å². The van der Waals surface area contributed by atoms with Gasteiger partial charge in [0.2, 0.25) is 0 Å². The number of alkyl halides is 3. The van der Waals surface area contributed by atoms with Gasteiger partial charge >= 0.3 is 12.3 Å². The molecular weight excluding hydrogens is 413 g/mol. The van der Waals surface area contributed by atoms with Gasteiger partial charge < -0.3 is 14.8 Å². The van der Waals surface area contributed by atoms with E-state index in [2.05, 4.69) is 15.0 Å². The highest BCUT2D eigenvalue weighted by atomic mass is 19.4. The summed E-state index contributed by atoms with van der Waals surface area (Å²) in [4.78, 5) is 27.9. The first-order valence-electron chi connectivity index (χ1n) is 9.37. The van der Waals surface area contributed by atoms with Gasteiger partial charge in [-0.3, -0.25) is 9.78 Å². The van der Waals surface area contributed by atoms with E-state index in [0.29, 0.717) is 11.2 Å². The fraction of sp³-hybridized carbons (Fsp3) is 0.227. The van der Waals surface area contributed by atoms with Gasteiger partial charge in [0.05, 0.1) is 17.8 Å². The number of aromatic nitrogens is 1. The summed E-state index contributed by atoms with van der Waals surface area (Å²) in [6.07, 6.45) is -3.28. The van der Waals surface area contributed by atoms with Gasteiger partial charge in [-0.05, 0) is 49.7 Å². The Morgan fingerprint density at radius 2 is 1.81 bits per heavy atom. The molecule has 0 aliphatic rings. The van der Waals surface area contributed by atoms with Gasteiger partial charge in [0.1, 0.15) is 17.1 Å². The van der Waals surface area contributed by atoms with E-state index in [0.717, 1.165) is 17.7 Å². The molecule has 3 aromatic rings. The maximum atomic E-state index is 12.7. The van der Waals surface area contributed by atoms with E-state index >= 15 is 0 Å². The monoisotopic (exact) mass is 432 g/mol. The standard InChI is InChI=1S/C22H19F3N2O4/c1-3-30-21(29)18-12-26-19-9-8-16(31-22(23,24)25)11-17(19)20(18)27-15-6-4-14(5-7-15)10-13(2)28/h4-9,11-12H,3,10H2,1-2H3,(H,26,27). The van der Waals surface area contributed by atoms with Crippen molar-refractivity contribution in [3.8, 4) is 5.75 Å². The third kappa shape index (κ3) is 5.71. The van der Waals surface area contributed by atoms with Crippen LogP contribution in [0.5, 0.6) is 5.75 Å². The minimum atomic E-state index is -4.86. The van der Waals surface area contributed by atoms with Crippen LogP contribution in [0, 0.1) is 0 Å². The second-order valence-corrected chi connectivity index (χ2v) is 6.69. The Labute approximate surface area is 176 Å². The lowest BCUT2D eigenvalue weighted by molar-refractivity contribution is -0.274. The lowest BCUT2D eigenvalue weighted by atomic mass is 10.1. The predicted molar refractivity (Wildman–Crippen MR) is 108 cm³/mol. The summed E-state index contributed by atoms with van der Waals surface area (Å²) in [7, 11) is 0. The molecule has 0 radical (unpaired) electrons. The molecule has 0 unspecified atom stereocenters. The number of anilines is 2. The summed E-state index contributed by atoms with van der Waals surface area (Å²) < 4.78 is 47.1. The number of ether oxygens (including phenoxy) is 2. The molecule has 1 heterocycles. The second kappa shape index (κ2) is 9.03. The number of carbonyl (C=O) groups is 2. The Bertz CT molecular complexity index is 1110. The van der Waals surface area contributed by atoms with Crippen LogP contribution in [0.15, 0.2) is 48.7 Å². The van der Waals surface area contributed by atoms with Crippen molar-refractivity contribution in [2.75, 3.05) is 11.9 Å². The molecule has 3 rings (SSSR count). The van der Waals surface area contributed by atoms with Crippen LogP contribution in [-0.4, -0.2) is 29.7 Å². The van der Waals surface area contributed by atoms with Gasteiger partial charge in [0, 0.05) is 23.7 Å². The van der Waals surface area contributed by atoms with Crippen LogP contribution in [0.2, 0.25) is 0 Å². The summed E-state index contributed by atoms with van der Waals surface area (Å²) >= 11 is 0.